The molecule has 0 radical (unpaired) electrons. The zero-order valence-electron chi connectivity index (χ0n) is 23.3. The zero-order chi connectivity index (χ0) is 31.9. The molecule has 4 aromatic rings. The monoisotopic (exact) mass is 655 g/mol. The molecular weight excluding hydrogens is 631 g/mol. The number of halogens is 4. The number of rotatable bonds is 8. The summed E-state index contributed by atoms with van der Waals surface area (Å²) >= 11 is 5.68. The minimum absolute atomic E-state index is 0.0137. The van der Waals surface area contributed by atoms with Crippen LogP contribution < -0.4 is 14.8 Å². The molecule has 2 N–H and O–H groups in total. The number of alkyl halides is 3. The Balaban J connectivity index is 1.18. The zero-order valence-corrected chi connectivity index (χ0v) is 24.9. The van der Waals surface area contributed by atoms with Gasteiger partial charge >= 0.3 is 6.18 Å². The third kappa shape index (κ3) is 6.34. The lowest BCUT2D eigenvalue weighted by atomic mass is 9.77. The lowest BCUT2D eigenvalue weighted by molar-refractivity contribution is -0.384. The van der Waals surface area contributed by atoms with E-state index in [4.69, 9.17) is 16.3 Å². The Bertz CT molecular complexity index is 1900. The maximum absolute atomic E-state index is 13.3. The van der Waals surface area contributed by atoms with Crippen molar-refractivity contribution in [2.75, 3.05) is 10.0 Å². The lowest BCUT2D eigenvalue weighted by Gasteiger charge is -2.37. The van der Waals surface area contributed by atoms with Gasteiger partial charge in [-0.25, -0.2) is 8.42 Å². The van der Waals surface area contributed by atoms with E-state index in [9.17, 15) is 31.7 Å². The largest absolute Gasteiger partial charge is 0.489 e. The first-order valence-electron chi connectivity index (χ1n) is 13.8. The van der Waals surface area contributed by atoms with Crippen molar-refractivity contribution in [3.8, 4) is 5.75 Å². The van der Waals surface area contributed by atoms with Crippen molar-refractivity contribution >= 4 is 38.7 Å². The molecule has 0 fully saturated rings. The second kappa shape index (κ2) is 11.8. The van der Waals surface area contributed by atoms with E-state index >= 15 is 0 Å². The lowest BCUT2D eigenvalue weighted by Crippen LogP contribution is -2.29. The molecule has 6 rings (SSSR count). The van der Waals surface area contributed by atoms with Gasteiger partial charge in [0.15, 0.2) is 0 Å². The highest BCUT2D eigenvalue weighted by molar-refractivity contribution is 7.92. The second-order valence-electron chi connectivity index (χ2n) is 10.8. The molecule has 0 aromatic heterocycles. The van der Waals surface area contributed by atoms with Crippen molar-refractivity contribution in [3.63, 3.8) is 0 Å². The summed E-state index contributed by atoms with van der Waals surface area (Å²) in [5, 5.41) is 13.9. The minimum atomic E-state index is -4.74. The van der Waals surface area contributed by atoms with Crippen LogP contribution in [0.15, 0.2) is 102 Å². The molecule has 45 heavy (non-hydrogen) atoms. The van der Waals surface area contributed by atoms with Crippen LogP contribution >= 0.6 is 11.6 Å². The van der Waals surface area contributed by atoms with Crippen molar-refractivity contribution in [2.45, 2.75) is 36.1 Å². The minimum Gasteiger partial charge on any atom is -0.489 e. The molecule has 0 amide bonds. The third-order valence-corrected chi connectivity index (χ3v) is 9.67. The van der Waals surface area contributed by atoms with Gasteiger partial charge in [0.2, 0.25) is 0 Å². The Morgan fingerprint density at radius 1 is 1.00 bits per heavy atom. The van der Waals surface area contributed by atoms with Gasteiger partial charge in [-0.15, -0.1) is 0 Å². The number of hydrogen-bond acceptors (Lipinski definition) is 6. The number of nitrogens with one attached hydrogen (secondary N) is 2. The number of hydrogen-bond donors (Lipinski definition) is 2. The normalized spacial score (nSPS) is 18.9. The fraction of sp³-hybridized carbons (Fsp3) is 0.188. The van der Waals surface area contributed by atoms with E-state index in [2.05, 4.69) is 22.2 Å². The predicted molar refractivity (Wildman–Crippen MR) is 164 cm³/mol. The number of anilines is 2. The Labute approximate surface area is 261 Å². The van der Waals surface area contributed by atoms with Crippen LogP contribution in [0.25, 0.3) is 0 Å². The number of benzene rings is 4. The maximum atomic E-state index is 13.3. The SMILES string of the molecule is O=[N+]([O-])c1ccc(COc2ccc([C@H]3Nc4ccc(S(=O)(=O)Nc5ccc(Cl)c(C(F)(F)F)c5)cc4[C@H]4C=CC[C@H]43)cc2)cc1. The summed E-state index contributed by atoms with van der Waals surface area (Å²) < 4.78 is 74.5. The van der Waals surface area contributed by atoms with Crippen LogP contribution in [-0.4, -0.2) is 13.3 Å². The van der Waals surface area contributed by atoms with Crippen molar-refractivity contribution in [2.24, 2.45) is 5.92 Å². The molecule has 0 saturated carbocycles. The standard InChI is InChI=1S/C32H25ClF3N3O5S/c33-29-14-8-21(16-28(29)32(34,35)36)38-45(42,43)24-13-15-30-27(17-24)25-2-1-3-26(25)31(37-30)20-6-11-23(12-7-20)44-18-19-4-9-22(10-5-19)39(40)41/h1-2,4-17,25-26,31,37-38H,3,18H2/t25-,26+,31+/m0/s1. The van der Waals surface area contributed by atoms with Crippen LogP contribution in [0.4, 0.5) is 30.2 Å². The maximum Gasteiger partial charge on any atom is 0.417 e. The number of nitrogens with zero attached hydrogens (tertiary/aromatic N) is 1. The van der Waals surface area contributed by atoms with E-state index in [-0.39, 0.29) is 40.8 Å². The van der Waals surface area contributed by atoms with Gasteiger partial charge < -0.3 is 10.1 Å². The molecule has 0 unspecified atom stereocenters. The molecule has 232 valence electrons. The molecule has 1 aliphatic carbocycles. The highest BCUT2D eigenvalue weighted by atomic mass is 35.5. The summed E-state index contributed by atoms with van der Waals surface area (Å²) in [5.41, 5.74) is 1.99. The Morgan fingerprint density at radius 3 is 2.42 bits per heavy atom. The summed E-state index contributed by atoms with van der Waals surface area (Å²) in [6, 6.07) is 21.2. The summed E-state index contributed by atoms with van der Waals surface area (Å²) in [7, 11) is -4.21. The number of nitro groups is 1. The average molecular weight is 656 g/mol. The average Bonchev–Trinajstić information content (AvgIpc) is 3.51. The van der Waals surface area contributed by atoms with E-state index in [1.165, 1.54) is 24.3 Å². The summed E-state index contributed by atoms with van der Waals surface area (Å²) in [4.78, 5) is 10.3. The molecule has 13 heteroatoms. The van der Waals surface area contributed by atoms with Gasteiger partial charge in [-0.2, -0.15) is 13.2 Å². The fourth-order valence-electron chi connectivity index (χ4n) is 5.74. The summed E-state index contributed by atoms with van der Waals surface area (Å²) in [6.45, 7) is 0.253. The summed E-state index contributed by atoms with van der Waals surface area (Å²) in [5.74, 6) is 0.660. The number of non-ortho nitro benzene ring substituents is 1. The van der Waals surface area contributed by atoms with Gasteiger partial charge in [-0.05, 0) is 89.7 Å². The molecule has 4 aromatic carbocycles. The fourth-order valence-corrected chi connectivity index (χ4v) is 7.05. The van der Waals surface area contributed by atoms with Crippen LogP contribution in [-0.2, 0) is 22.8 Å². The van der Waals surface area contributed by atoms with E-state index in [1.54, 1.807) is 24.3 Å². The van der Waals surface area contributed by atoms with Crippen molar-refractivity contribution in [1.82, 2.24) is 0 Å². The number of nitro benzene ring substituents is 1. The highest BCUT2D eigenvalue weighted by Crippen LogP contribution is 2.50. The third-order valence-electron chi connectivity index (χ3n) is 7.96. The Morgan fingerprint density at radius 2 is 1.73 bits per heavy atom. The van der Waals surface area contributed by atoms with Crippen LogP contribution in [0.1, 0.15) is 40.6 Å². The number of fused-ring (bicyclic) bond motifs is 3. The van der Waals surface area contributed by atoms with Gasteiger partial charge in [-0.3, -0.25) is 14.8 Å². The number of allylic oxidation sites excluding steroid dienone is 2. The van der Waals surface area contributed by atoms with Crippen LogP contribution in [0.5, 0.6) is 5.75 Å². The number of ether oxygens (including phenoxy) is 1. The van der Waals surface area contributed by atoms with Gasteiger partial charge in [0.05, 0.1) is 26.4 Å². The quantitative estimate of drug-likeness (QED) is 0.112. The van der Waals surface area contributed by atoms with Gasteiger partial charge in [-0.1, -0.05) is 35.9 Å². The molecule has 0 bridgehead atoms. The van der Waals surface area contributed by atoms with Crippen molar-refractivity contribution in [3.05, 3.63) is 134 Å². The van der Waals surface area contributed by atoms with E-state index in [0.29, 0.717) is 11.8 Å². The molecule has 8 nitrogen and oxygen atoms in total. The van der Waals surface area contributed by atoms with Gasteiger partial charge in [0.1, 0.15) is 12.4 Å². The van der Waals surface area contributed by atoms with Crippen LogP contribution in [0.2, 0.25) is 5.02 Å². The van der Waals surface area contributed by atoms with E-state index in [1.807, 2.05) is 24.3 Å². The number of sulfonamides is 1. The Hall–Kier alpha value is -4.55. The smallest absolute Gasteiger partial charge is 0.417 e. The molecule has 3 atom stereocenters. The predicted octanol–water partition coefficient (Wildman–Crippen LogP) is 8.47. The first kappa shape index (κ1) is 30.5. The van der Waals surface area contributed by atoms with Crippen molar-refractivity contribution < 1.29 is 31.2 Å². The molecule has 0 saturated heterocycles. The highest BCUT2D eigenvalue weighted by Gasteiger charge is 2.39. The van der Waals surface area contributed by atoms with E-state index in [0.717, 1.165) is 34.9 Å². The topological polar surface area (TPSA) is 111 Å². The Kier molecular flexibility index (Phi) is 7.96. The molecule has 2 aliphatic rings. The first-order chi connectivity index (χ1) is 21.4. The second-order valence-corrected chi connectivity index (χ2v) is 12.9. The van der Waals surface area contributed by atoms with Gasteiger partial charge in [0.25, 0.3) is 15.7 Å². The van der Waals surface area contributed by atoms with E-state index < -0.39 is 31.7 Å². The van der Waals surface area contributed by atoms with Crippen molar-refractivity contribution in [1.29, 1.82) is 0 Å². The molecule has 0 spiro atoms. The first-order valence-corrected chi connectivity index (χ1v) is 15.7. The van der Waals surface area contributed by atoms with Crippen LogP contribution in [0, 0.1) is 16.0 Å². The molecule has 1 aliphatic heterocycles. The van der Waals surface area contributed by atoms with Crippen LogP contribution in [0.3, 0.4) is 0 Å². The molecular formula is C32H25ClF3N3O5S. The van der Waals surface area contributed by atoms with Gasteiger partial charge in [0, 0.05) is 29.4 Å². The molecule has 1 heterocycles. The summed E-state index contributed by atoms with van der Waals surface area (Å²) in [6.07, 6.45) is 0.143.